The summed E-state index contributed by atoms with van der Waals surface area (Å²) in [6, 6.07) is 0.780. The Balaban J connectivity index is 0.00000441. The molecule has 1 heterocycles. The summed E-state index contributed by atoms with van der Waals surface area (Å²) in [5, 5.41) is 6.57. The van der Waals surface area contributed by atoms with Gasteiger partial charge in [-0.2, -0.15) is 0 Å². The Morgan fingerprint density at radius 2 is 2.09 bits per heavy atom. The lowest BCUT2D eigenvalue weighted by atomic mass is 10.0. The molecule has 2 unspecified atom stereocenters. The minimum atomic E-state index is 0. The molecule has 0 saturated carbocycles. The molecule has 130 valence electrons. The Bertz CT molecular complexity index is 349. The van der Waals surface area contributed by atoms with E-state index in [2.05, 4.69) is 36.4 Å². The van der Waals surface area contributed by atoms with Crippen LogP contribution in [0.3, 0.4) is 0 Å². The third kappa shape index (κ3) is 7.65. The number of guanidine groups is 1. The van der Waals surface area contributed by atoms with Crippen LogP contribution in [0.25, 0.3) is 0 Å². The third-order valence-electron chi connectivity index (χ3n) is 4.06. The van der Waals surface area contributed by atoms with Crippen molar-refractivity contribution in [2.24, 2.45) is 4.99 Å². The lowest BCUT2D eigenvalue weighted by Gasteiger charge is -2.33. The standard InChI is InChI=1S/C16H32N4O.HI/c1-5-13(3)19-16(17-6-2)18-11-10-15(21)20-12-8-7-9-14(20)4;/h13-14H,5-12H2,1-4H3,(H2,17,18,19);1H. The number of hydrogen-bond donors (Lipinski definition) is 2. The average Bonchev–Trinajstić information content (AvgIpc) is 2.47. The van der Waals surface area contributed by atoms with Gasteiger partial charge in [0.2, 0.25) is 5.91 Å². The molecule has 0 aromatic heterocycles. The second-order valence-electron chi connectivity index (χ2n) is 5.90. The van der Waals surface area contributed by atoms with Gasteiger partial charge in [0.1, 0.15) is 0 Å². The fraction of sp³-hybridized carbons (Fsp3) is 0.875. The number of hydrogen-bond acceptors (Lipinski definition) is 2. The molecule has 1 aliphatic heterocycles. The highest BCUT2D eigenvalue weighted by atomic mass is 127. The maximum Gasteiger partial charge on any atom is 0.224 e. The van der Waals surface area contributed by atoms with Crippen LogP contribution in [0.15, 0.2) is 4.99 Å². The number of nitrogens with zero attached hydrogens (tertiary/aromatic N) is 2. The number of nitrogens with one attached hydrogen (secondary N) is 2. The predicted octanol–water partition coefficient (Wildman–Crippen LogP) is 2.75. The van der Waals surface area contributed by atoms with Crippen LogP contribution in [0.4, 0.5) is 0 Å². The lowest BCUT2D eigenvalue weighted by Crippen LogP contribution is -2.43. The van der Waals surface area contributed by atoms with Crippen LogP contribution in [0.1, 0.15) is 59.8 Å². The number of carbonyl (C=O) groups excluding carboxylic acids is 1. The van der Waals surface area contributed by atoms with Gasteiger partial charge in [-0.15, -0.1) is 24.0 Å². The molecule has 0 spiro atoms. The smallest absolute Gasteiger partial charge is 0.224 e. The zero-order valence-electron chi connectivity index (χ0n) is 14.5. The molecule has 22 heavy (non-hydrogen) atoms. The molecule has 5 nitrogen and oxygen atoms in total. The van der Waals surface area contributed by atoms with Gasteiger partial charge in [-0.3, -0.25) is 9.79 Å². The van der Waals surface area contributed by atoms with Crippen molar-refractivity contribution in [1.29, 1.82) is 0 Å². The van der Waals surface area contributed by atoms with Crippen LogP contribution < -0.4 is 10.6 Å². The number of aliphatic imine (C=N–C) groups is 1. The Kier molecular flexibility index (Phi) is 11.7. The van der Waals surface area contributed by atoms with E-state index < -0.39 is 0 Å². The van der Waals surface area contributed by atoms with Gasteiger partial charge >= 0.3 is 0 Å². The number of piperidine rings is 1. The first kappa shape index (κ1) is 21.5. The number of amides is 1. The van der Waals surface area contributed by atoms with E-state index in [1.165, 1.54) is 6.42 Å². The fourth-order valence-electron chi connectivity index (χ4n) is 2.53. The number of halogens is 1. The molecule has 1 saturated heterocycles. The number of likely N-dealkylation sites (tertiary alicyclic amines) is 1. The van der Waals surface area contributed by atoms with Crippen LogP contribution in [0.2, 0.25) is 0 Å². The van der Waals surface area contributed by atoms with Crippen molar-refractivity contribution < 1.29 is 4.79 Å². The Labute approximate surface area is 152 Å². The molecular weight excluding hydrogens is 391 g/mol. The van der Waals surface area contributed by atoms with Gasteiger partial charge in [0.25, 0.3) is 0 Å². The van der Waals surface area contributed by atoms with Gasteiger partial charge < -0.3 is 15.5 Å². The summed E-state index contributed by atoms with van der Waals surface area (Å²) in [6.07, 6.45) is 5.06. The molecule has 2 N–H and O–H groups in total. The van der Waals surface area contributed by atoms with E-state index in [4.69, 9.17) is 0 Å². The van der Waals surface area contributed by atoms with E-state index in [1.54, 1.807) is 0 Å². The van der Waals surface area contributed by atoms with Crippen molar-refractivity contribution in [3.63, 3.8) is 0 Å². The van der Waals surface area contributed by atoms with E-state index in [-0.39, 0.29) is 29.9 Å². The first-order chi connectivity index (χ1) is 10.1. The van der Waals surface area contributed by atoms with Crippen LogP contribution in [0, 0.1) is 0 Å². The molecular formula is C16H33IN4O. The van der Waals surface area contributed by atoms with E-state index in [0.717, 1.165) is 38.3 Å². The molecule has 1 amide bonds. The highest BCUT2D eigenvalue weighted by Gasteiger charge is 2.22. The summed E-state index contributed by atoms with van der Waals surface area (Å²) < 4.78 is 0. The minimum Gasteiger partial charge on any atom is -0.357 e. The first-order valence-corrected chi connectivity index (χ1v) is 8.42. The van der Waals surface area contributed by atoms with Crippen molar-refractivity contribution in [3.05, 3.63) is 0 Å². The molecule has 1 fully saturated rings. The van der Waals surface area contributed by atoms with Gasteiger partial charge in [0.05, 0.1) is 6.54 Å². The second-order valence-corrected chi connectivity index (χ2v) is 5.90. The summed E-state index contributed by atoms with van der Waals surface area (Å²) in [4.78, 5) is 18.8. The molecule has 6 heteroatoms. The van der Waals surface area contributed by atoms with Crippen molar-refractivity contribution in [2.75, 3.05) is 19.6 Å². The summed E-state index contributed by atoms with van der Waals surface area (Å²) in [7, 11) is 0. The van der Waals surface area contributed by atoms with E-state index >= 15 is 0 Å². The van der Waals surface area contributed by atoms with Gasteiger partial charge in [-0.05, 0) is 46.5 Å². The van der Waals surface area contributed by atoms with Crippen molar-refractivity contribution in [1.82, 2.24) is 15.5 Å². The molecule has 0 bridgehead atoms. The highest BCUT2D eigenvalue weighted by Crippen LogP contribution is 2.17. The highest BCUT2D eigenvalue weighted by molar-refractivity contribution is 14.0. The number of rotatable bonds is 6. The van der Waals surface area contributed by atoms with Gasteiger partial charge in [-0.25, -0.2) is 0 Å². The fourth-order valence-corrected chi connectivity index (χ4v) is 2.53. The van der Waals surface area contributed by atoms with Crippen LogP contribution in [0.5, 0.6) is 0 Å². The largest absolute Gasteiger partial charge is 0.357 e. The first-order valence-electron chi connectivity index (χ1n) is 8.42. The summed E-state index contributed by atoms with van der Waals surface area (Å²) in [5.41, 5.74) is 0. The second kappa shape index (κ2) is 12.0. The number of carbonyl (C=O) groups is 1. The van der Waals surface area contributed by atoms with Gasteiger partial charge in [-0.1, -0.05) is 6.92 Å². The van der Waals surface area contributed by atoms with E-state index in [1.807, 2.05) is 11.8 Å². The molecule has 0 radical (unpaired) electrons. The summed E-state index contributed by atoms with van der Waals surface area (Å²) in [6.45, 7) is 10.8. The van der Waals surface area contributed by atoms with Crippen LogP contribution in [-0.4, -0.2) is 48.5 Å². The Hall–Kier alpha value is -0.530. The Morgan fingerprint density at radius 1 is 1.36 bits per heavy atom. The molecule has 2 atom stereocenters. The topological polar surface area (TPSA) is 56.7 Å². The van der Waals surface area contributed by atoms with Crippen LogP contribution in [-0.2, 0) is 4.79 Å². The SMILES string of the molecule is CCNC(=NCCC(=O)N1CCCCC1C)NC(C)CC.I. The lowest BCUT2D eigenvalue weighted by molar-refractivity contribution is -0.134. The van der Waals surface area contributed by atoms with Gasteiger partial charge in [0, 0.05) is 31.6 Å². The average molecular weight is 424 g/mol. The van der Waals surface area contributed by atoms with E-state index in [9.17, 15) is 4.79 Å². The zero-order valence-corrected chi connectivity index (χ0v) is 16.9. The Morgan fingerprint density at radius 3 is 2.68 bits per heavy atom. The normalized spacial score (nSPS) is 20.1. The molecule has 1 rings (SSSR count). The van der Waals surface area contributed by atoms with E-state index in [0.29, 0.717) is 25.0 Å². The van der Waals surface area contributed by atoms with Gasteiger partial charge in [0.15, 0.2) is 5.96 Å². The summed E-state index contributed by atoms with van der Waals surface area (Å²) in [5.74, 6) is 1.05. The zero-order chi connectivity index (χ0) is 15.7. The molecule has 1 aliphatic rings. The van der Waals surface area contributed by atoms with Crippen molar-refractivity contribution in [2.45, 2.75) is 71.9 Å². The molecule has 0 aliphatic carbocycles. The maximum atomic E-state index is 12.2. The van der Waals surface area contributed by atoms with Crippen molar-refractivity contribution >= 4 is 35.8 Å². The van der Waals surface area contributed by atoms with Crippen molar-refractivity contribution in [3.8, 4) is 0 Å². The molecule has 0 aromatic rings. The quantitative estimate of drug-likeness (QED) is 0.392. The maximum absolute atomic E-state index is 12.2. The molecule has 0 aromatic carbocycles. The predicted molar refractivity (Wildman–Crippen MR) is 104 cm³/mol. The minimum absolute atomic E-state index is 0. The summed E-state index contributed by atoms with van der Waals surface area (Å²) >= 11 is 0. The monoisotopic (exact) mass is 424 g/mol. The third-order valence-corrected chi connectivity index (χ3v) is 4.06. The van der Waals surface area contributed by atoms with Crippen LogP contribution >= 0.6 is 24.0 Å².